The number of H-pyrrole nitrogens is 1. The van der Waals surface area contributed by atoms with Gasteiger partial charge in [-0.3, -0.25) is 14.3 Å². The molecule has 1 fully saturated rings. The van der Waals surface area contributed by atoms with Gasteiger partial charge < -0.3 is 14.6 Å². The van der Waals surface area contributed by atoms with E-state index in [9.17, 15) is 14.4 Å². The van der Waals surface area contributed by atoms with E-state index >= 15 is 0 Å². The molecule has 2 rings (SSSR count). The Hall–Kier alpha value is -2.19. The van der Waals surface area contributed by atoms with Crippen molar-refractivity contribution < 1.29 is 19.4 Å². The van der Waals surface area contributed by atoms with Crippen molar-refractivity contribution in [1.82, 2.24) is 9.55 Å². The van der Waals surface area contributed by atoms with Crippen LogP contribution in [0.2, 0.25) is 0 Å². The van der Waals surface area contributed by atoms with Crippen LogP contribution in [0.3, 0.4) is 0 Å². The summed E-state index contributed by atoms with van der Waals surface area (Å²) in [6.07, 6.45) is 3.99. The molecule has 8 heteroatoms. The highest BCUT2D eigenvalue weighted by molar-refractivity contribution is 5.86. The highest BCUT2D eigenvalue weighted by Crippen LogP contribution is 2.26. The molecule has 1 aliphatic rings. The number of carbonyl (C=O) groups excluding carboxylic acids is 1. The van der Waals surface area contributed by atoms with Gasteiger partial charge in [0.15, 0.2) is 0 Å². The Morgan fingerprint density at radius 1 is 1.57 bits per heavy atom. The number of carbonyl (C=O) groups is 1. The zero-order valence-corrected chi connectivity index (χ0v) is 11.4. The van der Waals surface area contributed by atoms with Crippen molar-refractivity contribution >= 4 is 12.0 Å². The van der Waals surface area contributed by atoms with Gasteiger partial charge in [-0.05, 0) is 18.9 Å². The minimum atomic E-state index is -0.607. The SMILES string of the molecule is COC(=O)/C=C/c1cn([C@H]2CC[C@@H](CO)O2)c(=O)[nH]c1=O. The molecule has 2 heterocycles. The standard InChI is InChI=1S/C13H16N2O6/c1-20-11(17)5-2-8-6-15(13(19)14-12(8)18)10-4-3-9(7-16)21-10/h2,5-6,9-10,16H,3-4,7H2,1H3,(H,14,18,19)/b5-2+/t9-,10+/m0/s1. The second-order valence-corrected chi connectivity index (χ2v) is 4.58. The van der Waals surface area contributed by atoms with Crippen LogP contribution in [0.15, 0.2) is 21.9 Å². The smallest absolute Gasteiger partial charge is 0.330 e. The van der Waals surface area contributed by atoms with Crippen molar-refractivity contribution in [3.05, 3.63) is 38.7 Å². The lowest BCUT2D eigenvalue weighted by Gasteiger charge is -2.14. The van der Waals surface area contributed by atoms with Crippen LogP contribution in [0.25, 0.3) is 6.08 Å². The van der Waals surface area contributed by atoms with E-state index in [-0.39, 0.29) is 18.3 Å². The Balaban J connectivity index is 2.31. The summed E-state index contributed by atoms with van der Waals surface area (Å²) in [6, 6.07) is 0. The molecule has 1 aromatic heterocycles. The van der Waals surface area contributed by atoms with Gasteiger partial charge in [-0.15, -0.1) is 0 Å². The molecule has 1 aromatic rings. The van der Waals surface area contributed by atoms with E-state index in [1.807, 2.05) is 0 Å². The lowest BCUT2D eigenvalue weighted by molar-refractivity contribution is -0.134. The Bertz CT molecular complexity index is 659. The highest BCUT2D eigenvalue weighted by Gasteiger charge is 2.26. The lowest BCUT2D eigenvalue weighted by Crippen LogP contribution is -2.33. The number of hydrogen-bond donors (Lipinski definition) is 2. The van der Waals surface area contributed by atoms with Gasteiger partial charge in [0.2, 0.25) is 0 Å². The molecule has 2 atom stereocenters. The number of ether oxygens (including phenoxy) is 2. The first kappa shape index (κ1) is 15.2. The molecule has 0 radical (unpaired) electrons. The number of aliphatic hydroxyl groups excluding tert-OH is 1. The molecule has 0 saturated carbocycles. The lowest BCUT2D eigenvalue weighted by atomic mass is 10.2. The summed E-state index contributed by atoms with van der Waals surface area (Å²) in [4.78, 5) is 36.7. The largest absolute Gasteiger partial charge is 0.466 e. The summed E-state index contributed by atoms with van der Waals surface area (Å²) in [5, 5.41) is 9.04. The predicted molar refractivity (Wildman–Crippen MR) is 72.6 cm³/mol. The molecule has 0 unspecified atom stereocenters. The quantitative estimate of drug-likeness (QED) is 0.566. The van der Waals surface area contributed by atoms with Crippen LogP contribution < -0.4 is 11.2 Å². The van der Waals surface area contributed by atoms with Crippen LogP contribution in [0, 0.1) is 0 Å². The molecule has 0 amide bonds. The number of aliphatic hydroxyl groups is 1. The van der Waals surface area contributed by atoms with Crippen molar-refractivity contribution in [3.63, 3.8) is 0 Å². The molecule has 114 valence electrons. The van der Waals surface area contributed by atoms with E-state index < -0.39 is 23.4 Å². The highest BCUT2D eigenvalue weighted by atomic mass is 16.5. The van der Waals surface area contributed by atoms with Crippen LogP contribution in [-0.4, -0.2) is 40.4 Å². The molecule has 1 aliphatic heterocycles. The van der Waals surface area contributed by atoms with E-state index in [4.69, 9.17) is 9.84 Å². The van der Waals surface area contributed by atoms with Gasteiger partial charge in [0.1, 0.15) is 6.23 Å². The average molecular weight is 296 g/mol. The predicted octanol–water partition coefficient (Wildman–Crippen LogP) is -0.607. The number of aromatic amines is 1. The summed E-state index contributed by atoms with van der Waals surface area (Å²) >= 11 is 0. The van der Waals surface area contributed by atoms with Gasteiger partial charge in [-0.2, -0.15) is 0 Å². The average Bonchev–Trinajstić information content (AvgIpc) is 2.94. The number of methoxy groups -OCH3 is 1. The molecule has 2 N–H and O–H groups in total. The van der Waals surface area contributed by atoms with Crippen molar-refractivity contribution in [2.45, 2.75) is 25.2 Å². The molecular weight excluding hydrogens is 280 g/mol. The van der Waals surface area contributed by atoms with Crippen LogP contribution in [-0.2, 0) is 14.3 Å². The first-order valence-corrected chi connectivity index (χ1v) is 6.43. The zero-order chi connectivity index (χ0) is 15.4. The molecule has 21 heavy (non-hydrogen) atoms. The summed E-state index contributed by atoms with van der Waals surface area (Å²) in [7, 11) is 1.22. The van der Waals surface area contributed by atoms with Gasteiger partial charge in [0.05, 0.1) is 25.4 Å². The summed E-state index contributed by atoms with van der Waals surface area (Å²) in [5.74, 6) is -0.607. The monoisotopic (exact) mass is 296 g/mol. The topological polar surface area (TPSA) is 111 Å². The van der Waals surface area contributed by atoms with Gasteiger partial charge in [0, 0.05) is 12.3 Å². The third-order valence-corrected chi connectivity index (χ3v) is 3.19. The summed E-state index contributed by atoms with van der Waals surface area (Å²) in [6.45, 7) is -0.121. The van der Waals surface area contributed by atoms with Gasteiger partial charge in [0.25, 0.3) is 5.56 Å². The fourth-order valence-electron chi connectivity index (χ4n) is 2.09. The first-order valence-electron chi connectivity index (χ1n) is 6.43. The number of hydrogen-bond acceptors (Lipinski definition) is 6. The van der Waals surface area contributed by atoms with Crippen LogP contribution in [0.1, 0.15) is 24.6 Å². The van der Waals surface area contributed by atoms with Crippen molar-refractivity contribution in [2.24, 2.45) is 0 Å². The van der Waals surface area contributed by atoms with Crippen LogP contribution >= 0.6 is 0 Å². The maximum atomic E-state index is 11.8. The number of rotatable bonds is 4. The second-order valence-electron chi connectivity index (χ2n) is 4.58. The summed E-state index contributed by atoms with van der Waals surface area (Å²) < 4.78 is 11.2. The van der Waals surface area contributed by atoms with E-state index in [1.54, 1.807) is 0 Å². The fraction of sp³-hybridized carbons (Fsp3) is 0.462. The Kier molecular flexibility index (Phi) is 4.71. The van der Waals surface area contributed by atoms with E-state index in [1.165, 1.54) is 23.9 Å². The Morgan fingerprint density at radius 3 is 2.95 bits per heavy atom. The zero-order valence-electron chi connectivity index (χ0n) is 11.4. The van der Waals surface area contributed by atoms with Crippen LogP contribution in [0.4, 0.5) is 0 Å². The molecule has 0 bridgehead atoms. The normalized spacial score (nSPS) is 21.8. The Labute approximate surface area is 119 Å². The maximum Gasteiger partial charge on any atom is 0.330 e. The Morgan fingerprint density at radius 2 is 2.33 bits per heavy atom. The van der Waals surface area contributed by atoms with E-state index in [2.05, 4.69) is 9.72 Å². The third kappa shape index (κ3) is 3.47. The molecule has 0 spiro atoms. The van der Waals surface area contributed by atoms with Crippen molar-refractivity contribution in [3.8, 4) is 0 Å². The first-order chi connectivity index (χ1) is 10.0. The minimum absolute atomic E-state index is 0.121. The molecule has 0 aliphatic carbocycles. The van der Waals surface area contributed by atoms with E-state index in [0.717, 1.165) is 6.08 Å². The molecule has 0 aromatic carbocycles. The number of nitrogens with zero attached hydrogens (tertiary/aromatic N) is 1. The summed E-state index contributed by atoms with van der Waals surface area (Å²) in [5.41, 5.74) is -1.07. The van der Waals surface area contributed by atoms with E-state index in [0.29, 0.717) is 12.8 Å². The van der Waals surface area contributed by atoms with Crippen molar-refractivity contribution in [1.29, 1.82) is 0 Å². The van der Waals surface area contributed by atoms with Gasteiger partial charge in [-0.1, -0.05) is 0 Å². The molecular formula is C13H16N2O6. The number of esters is 1. The third-order valence-electron chi connectivity index (χ3n) is 3.19. The number of nitrogens with one attached hydrogen (secondary N) is 1. The molecule has 8 nitrogen and oxygen atoms in total. The van der Waals surface area contributed by atoms with Crippen molar-refractivity contribution in [2.75, 3.05) is 13.7 Å². The second kappa shape index (κ2) is 6.51. The minimum Gasteiger partial charge on any atom is -0.466 e. The fourth-order valence-corrected chi connectivity index (χ4v) is 2.09. The number of aromatic nitrogens is 2. The molecule has 1 saturated heterocycles. The van der Waals surface area contributed by atoms with Gasteiger partial charge >= 0.3 is 11.7 Å². The van der Waals surface area contributed by atoms with Crippen LogP contribution in [0.5, 0.6) is 0 Å². The van der Waals surface area contributed by atoms with Gasteiger partial charge in [-0.25, -0.2) is 9.59 Å². The maximum absolute atomic E-state index is 11.8.